The van der Waals surface area contributed by atoms with Crippen LogP contribution >= 0.6 is 0 Å². The van der Waals surface area contributed by atoms with Gasteiger partial charge in [-0.2, -0.15) is 0 Å². The number of imidazole rings is 1. The molecule has 1 heterocycles. The SMILES string of the molecule is N[C@@H](Cc1ccccc1)C(=O)N[C@@H](Cc1cnc[nH]1)C(=O)N[C@@H](CC(=O)O)C(=O)O. The summed E-state index contributed by atoms with van der Waals surface area (Å²) in [6.07, 6.45) is 2.25. The minimum absolute atomic E-state index is 0.0188. The minimum atomic E-state index is -1.64. The zero-order valence-electron chi connectivity index (χ0n) is 15.9. The molecule has 0 fully saturated rings. The second-order valence-electron chi connectivity index (χ2n) is 6.64. The van der Waals surface area contributed by atoms with Crippen LogP contribution in [-0.2, 0) is 32.0 Å². The van der Waals surface area contributed by atoms with Crippen LogP contribution in [0.4, 0.5) is 0 Å². The molecule has 2 aromatic rings. The van der Waals surface area contributed by atoms with Crippen molar-refractivity contribution in [2.75, 3.05) is 0 Å². The predicted octanol–water partition coefficient (Wildman–Crippen LogP) is -0.949. The van der Waals surface area contributed by atoms with E-state index >= 15 is 0 Å². The van der Waals surface area contributed by atoms with Gasteiger partial charge < -0.3 is 31.6 Å². The molecule has 0 saturated carbocycles. The van der Waals surface area contributed by atoms with Crippen molar-refractivity contribution in [2.45, 2.75) is 37.4 Å². The van der Waals surface area contributed by atoms with Gasteiger partial charge in [0.15, 0.2) is 0 Å². The number of carbonyl (C=O) groups is 4. The van der Waals surface area contributed by atoms with Gasteiger partial charge in [-0.15, -0.1) is 0 Å². The average Bonchev–Trinajstić information content (AvgIpc) is 3.20. The first-order valence-corrected chi connectivity index (χ1v) is 9.08. The number of nitrogens with one attached hydrogen (secondary N) is 3. The summed E-state index contributed by atoms with van der Waals surface area (Å²) in [5.74, 6) is -4.35. The van der Waals surface area contributed by atoms with E-state index in [4.69, 9.17) is 15.9 Å². The first kappa shape index (κ1) is 22.6. The van der Waals surface area contributed by atoms with Gasteiger partial charge in [-0.05, 0) is 12.0 Å². The number of amides is 2. The van der Waals surface area contributed by atoms with Crippen molar-refractivity contribution in [3.05, 3.63) is 54.1 Å². The van der Waals surface area contributed by atoms with Gasteiger partial charge in [0.25, 0.3) is 0 Å². The minimum Gasteiger partial charge on any atom is -0.481 e. The van der Waals surface area contributed by atoms with Gasteiger partial charge in [-0.3, -0.25) is 14.4 Å². The van der Waals surface area contributed by atoms with E-state index in [1.54, 1.807) is 0 Å². The lowest BCUT2D eigenvalue weighted by molar-refractivity contribution is -0.147. The average molecular weight is 417 g/mol. The molecule has 2 rings (SSSR count). The molecular weight excluding hydrogens is 394 g/mol. The van der Waals surface area contributed by atoms with Gasteiger partial charge in [-0.1, -0.05) is 30.3 Å². The van der Waals surface area contributed by atoms with E-state index in [0.717, 1.165) is 5.56 Å². The van der Waals surface area contributed by atoms with E-state index in [9.17, 15) is 19.2 Å². The van der Waals surface area contributed by atoms with Crippen molar-refractivity contribution in [1.29, 1.82) is 0 Å². The second-order valence-corrected chi connectivity index (χ2v) is 6.64. The number of nitrogens with two attached hydrogens (primary N) is 1. The number of hydrogen-bond acceptors (Lipinski definition) is 6. The number of aromatic amines is 1. The largest absolute Gasteiger partial charge is 0.481 e. The van der Waals surface area contributed by atoms with Crippen molar-refractivity contribution in [2.24, 2.45) is 5.73 Å². The van der Waals surface area contributed by atoms with Gasteiger partial charge in [0.2, 0.25) is 11.8 Å². The summed E-state index contributed by atoms with van der Waals surface area (Å²) in [4.78, 5) is 53.9. The molecule has 0 radical (unpaired) electrons. The molecule has 0 aliphatic carbocycles. The molecule has 0 aliphatic heterocycles. The fraction of sp³-hybridized carbons (Fsp3) is 0.316. The number of hydrogen-bond donors (Lipinski definition) is 6. The fourth-order valence-corrected chi connectivity index (χ4v) is 2.71. The summed E-state index contributed by atoms with van der Waals surface area (Å²) in [5, 5.41) is 22.6. The Morgan fingerprint density at radius 3 is 2.23 bits per heavy atom. The third-order valence-corrected chi connectivity index (χ3v) is 4.24. The van der Waals surface area contributed by atoms with Crippen molar-refractivity contribution in [3.63, 3.8) is 0 Å². The molecule has 1 aromatic heterocycles. The Balaban J connectivity index is 2.09. The highest BCUT2D eigenvalue weighted by Crippen LogP contribution is 2.05. The Labute approximate surface area is 171 Å². The maximum Gasteiger partial charge on any atom is 0.326 e. The van der Waals surface area contributed by atoms with Crippen molar-refractivity contribution >= 4 is 23.8 Å². The van der Waals surface area contributed by atoms with E-state index in [2.05, 4.69) is 20.6 Å². The Morgan fingerprint density at radius 1 is 1.00 bits per heavy atom. The van der Waals surface area contributed by atoms with Crippen molar-refractivity contribution in [3.8, 4) is 0 Å². The molecule has 2 amide bonds. The number of carboxylic acid groups (broad SMARTS) is 2. The number of carbonyl (C=O) groups excluding carboxylic acids is 2. The lowest BCUT2D eigenvalue weighted by atomic mass is 10.0. The summed E-state index contributed by atoms with van der Waals surface area (Å²) >= 11 is 0. The molecule has 30 heavy (non-hydrogen) atoms. The Hall–Kier alpha value is -3.73. The van der Waals surface area contributed by atoms with Crippen LogP contribution in [0.3, 0.4) is 0 Å². The van der Waals surface area contributed by atoms with E-state index in [1.807, 2.05) is 30.3 Å². The van der Waals surface area contributed by atoms with E-state index in [-0.39, 0.29) is 12.8 Å². The molecule has 11 nitrogen and oxygen atoms in total. The maximum atomic E-state index is 12.6. The number of rotatable bonds is 11. The third-order valence-electron chi connectivity index (χ3n) is 4.24. The van der Waals surface area contributed by atoms with Crippen LogP contribution in [0, 0.1) is 0 Å². The van der Waals surface area contributed by atoms with Gasteiger partial charge in [0.1, 0.15) is 12.1 Å². The number of benzene rings is 1. The monoisotopic (exact) mass is 417 g/mol. The molecule has 0 aliphatic rings. The number of carboxylic acids is 2. The topological polar surface area (TPSA) is 187 Å². The number of aromatic nitrogens is 2. The van der Waals surface area contributed by atoms with Gasteiger partial charge in [0, 0.05) is 18.3 Å². The van der Waals surface area contributed by atoms with Crippen LogP contribution in [0.25, 0.3) is 0 Å². The summed E-state index contributed by atoms with van der Waals surface area (Å²) < 4.78 is 0. The molecule has 7 N–H and O–H groups in total. The normalized spacial score (nSPS) is 13.6. The van der Waals surface area contributed by atoms with Crippen LogP contribution in [0.2, 0.25) is 0 Å². The molecule has 3 atom stereocenters. The van der Waals surface area contributed by atoms with Gasteiger partial charge in [0.05, 0.1) is 18.8 Å². The molecule has 0 bridgehead atoms. The molecular formula is C19H23N5O6. The predicted molar refractivity (Wildman–Crippen MR) is 104 cm³/mol. The zero-order valence-corrected chi connectivity index (χ0v) is 15.9. The summed E-state index contributed by atoms with van der Waals surface area (Å²) in [7, 11) is 0. The Bertz CT molecular complexity index is 871. The first-order valence-electron chi connectivity index (χ1n) is 9.08. The summed E-state index contributed by atoms with van der Waals surface area (Å²) in [5.41, 5.74) is 7.30. The highest BCUT2D eigenvalue weighted by Gasteiger charge is 2.29. The van der Waals surface area contributed by atoms with E-state index in [0.29, 0.717) is 5.69 Å². The number of aliphatic carboxylic acids is 2. The maximum absolute atomic E-state index is 12.6. The molecule has 0 saturated heterocycles. The van der Waals surface area contributed by atoms with Gasteiger partial charge >= 0.3 is 11.9 Å². The summed E-state index contributed by atoms with van der Waals surface area (Å²) in [6, 6.07) is 5.29. The number of H-pyrrole nitrogens is 1. The molecule has 0 unspecified atom stereocenters. The zero-order chi connectivity index (χ0) is 22.1. The fourth-order valence-electron chi connectivity index (χ4n) is 2.71. The molecule has 160 valence electrons. The lowest BCUT2D eigenvalue weighted by Crippen LogP contribution is -2.55. The van der Waals surface area contributed by atoms with Crippen LogP contribution < -0.4 is 16.4 Å². The Kier molecular flexibility index (Phi) is 8.06. The van der Waals surface area contributed by atoms with Crippen molar-refractivity contribution in [1.82, 2.24) is 20.6 Å². The van der Waals surface area contributed by atoms with Crippen LogP contribution in [0.5, 0.6) is 0 Å². The van der Waals surface area contributed by atoms with Crippen LogP contribution in [0.15, 0.2) is 42.9 Å². The smallest absolute Gasteiger partial charge is 0.326 e. The first-order chi connectivity index (χ1) is 14.3. The van der Waals surface area contributed by atoms with E-state index < -0.39 is 48.3 Å². The highest BCUT2D eigenvalue weighted by molar-refractivity contribution is 5.93. The summed E-state index contributed by atoms with van der Waals surface area (Å²) in [6.45, 7) is 0. The lowest BCUT2D eigenvalue weighted by Gasteiger charge is -2.22. The highest BCUT2D eigenvalue weighted by atomic mass is 16.4. The van der Waals surface area contributed by atoms with Crippen LogP contribution in [-0.4, -0.2) is 62.1 Å². The molecule has 11 heteroatoms. The second kappa shape index (κ2) is 10.7. The van der Waals surface area contributed by atoms with E-state index in [1.165, 1.54) is 12.5 Å². The molecule has 0 spiro atoms. The van der Waals surface area contributed by atoms with Crippen LogP contribution in [0.1, 0.15) is 17.7 Å². The van der Waals surface area contributed by atoms with Crippen molar-refractivity contribution < 1.29 is 29.4 Å². The molecule has 1 aromatic carbocycles. The quantitative estimate of drug-likeness (QED) is 0.270. The van der Waals surface area contributed by atoms with Gasteiger partial charge in [-0.25, -0.2) is 9.78 Å². The third kappa shape index (κ3) is 7.02. The Morgan fingerprint density at radius 2 is 1.67 bits per heavy atom. The number of nitrogens with zero attached hydrogens (tertiary/aromatic N) is 1. The standard InChI is InChI=1S/C19H23N5O6/c20-13(6-11-4-2-1-3-5-11)17(27)23-14(7-12-9-21-10-22-12)18(28)24-15(19(29)30)8-16(25)26/h1-5,9-10,13-15H,6-8,20H2,(H,21,22)(H,23,27)(H,24,28)(H,25,26)(H,29,30)/t13-,14-,15-/m0/s1.